The summed E-state index contributed by atoms with van der Waals surface area (Å²) in [6.07, 6.45) is 7.80. The molecular weight excluding hydrogens is 462 g/mol. The number of hydrogen-bond acceptors (Lipinski definition) is 6. The molecule has 2 aliphatic heterocycles. The number of carbonyl (C=O) groups is 1. The molecule has 0 saturated carbocycles. The molecule has 1 aliphatic carbocycles. The molecular formula is C30H29N5O2. The Hall–Kier alpha value is -3.87. The molecule has 1 saturated heterocycles. The summed E-state index contributed by atoms with van der Waals surface area (Å²) in [5.41, 5.74) is 8.26. The fraction of sp³-hybridized carbons (Fsp3) is 0.367. The minimum atomic E-state index is -0.115. The van der Waals surface area contributed by atoms with Gasteiger partial charge in [0, 0.05) is 42.4 Å². The van der Waals surface area contributed by atoms with E-state index in [0.29, 0.717) is 11.6 Å². The summed E-state index contributed by atoms with van der Waals surface area (Å²) in [6, 6.07) is 10.3. The van der Waals surface area contributed by atoms with Gasteiger partial charge >= 0.3 is 0 Å². The second kappa shape index (κ2) is 7.57. The molecule has 0 unspecified atom stereocenters. The van der Waals surface area contributed by atoms with Crippen molar-refractivity contribution in [1.29, 1.82) is 0 Å². The SMILES string of the molecule is Cc1cnc(-c2nc3cc4c(cc3o2)C[C@H]2N(C(=O)c3ccc5c(c3)CC=N5)CC[C@]4(C)C2(C)C)cn1. The van der Waals surface area contributed by atoms with Gasteiger partial charge in [-0.25, -0.2) is 9.97 Å². The number of carbonyl (C=O) groups excluding carboxylic acids is 1. The minimum Gasteiger partial charge on any atom is -0.435 e. The van der Waals surface area contributed by atoms with Crippen molar-refractivity contribution in [2.75, 3.05) is 6.54 Å². The van der Waals surface area contributed by atoms with Crippen LogP contribution in [0.4, 0.5) is 5.69 Å². The molecule has 2 bridgehead atoms. The summed E-state index contributed by atoms with van der Waals surface area (Å²) in [5.74, 6) is 0.592. The van der Waals surface area contributed by atoms with Gasteiger partial charge in [0.25, 0.3) is 5.91 Å². The largest absolute Gasteiger partial charge is 0.435 e. The number of hydrogen-bond donors (Lipinski definition) is 0. The van der Waals surface area contributed by atoms with Crippen LogP contribution in [0.15, 0.2) is 52.1 Å². The lowest BCUT2D eigenvalue weighted by Gasteiger charge is -2.60. The molecule has 0 spiro atoms. The lowest BCUT2D eigenvalue weighted by Crippen LogP contribution is -2.64. The fourth-order valence-electron chi connectivity index (χ4n) is 6.61. The predicted octanol–water partition coefficient (Wildman–Crippen LogP) is 5.61. The second-order valence-corrected chi connectivity index (χ2v) is 11.4. The van der Waals surface area contributed by atoms with Crippen LogP contribution in [0, 0.1) is 12.3 Å². The zero-order valence-corrected chi connectivity index (χ0v) is 21.6. The van der Waals surface area contributed by atoms with Gasteiger partial charge in [0.1, 0.15) is 11.2 Å². The highest BCUT2D eigenvalue weighted by Crippen LogP contribution is 2.56. The number of benzene rings is 2. The highest BCUT2D eigenvalue weighted by Gasteiger charge is 2.57. The summed E-state index contributed by atoms with van der Waals surface area (Å²) in [5, 5.41) is 0. The zero-order valence-electron chi connectivity index (χ0n) is 21.6. The van der Waals surface area contributed by atoms with Crippen LogP contribution in [0.25, 0.3) is 22.7 Å². The molecule has 4 aromatic rings. The fourth-order valence-corrected chi connectivity index (χ4v) is 6.61. The summed E-state index contributed by atoms with van der Waals surface area (Å²) in [7, 11) is 0. The van der Waals surface area contributed by atoms with Gasteiger partial charge in [0.2, 0.25) is 5.89 Å². The average Bonchev–Trinajstić information content (AvgIpc) is 3.52. The van der Waals surface area contributed by atoms with E-state index in [9.17, 15) is 4.79 Å². The van der Waals surface area contributed by atoms with Crippen molar-refractivity contribution in [1.82, 2.24) is 19.9 Å². The van der Waals surface area contributed by atoms with Gasteiger partial charge in [0.05, 0.1) is 17.6 Å². The van der Waals surface area contributed by atoms with E-state index in [-0.39, 0.29) is 22.8 Å². The molecule has 186 valence electrons. The molecule has 37 heavy (non-hydrogen) atoms. The minimum absolute atomic E-state index is 0.0820. The monoisotopic (exact) mass is 491 g/mol. The summed E-state index contributed by atoms with van der Waals surface area (Å²) in [4.78, 5) is 33.9. The van der Waals surface area contributed by atoms with Crippen LogP contribution in [0.3, 0.4) is 0 Å². The van der Waals surface area contributed by atoms with Crippen LogP contribution < -0.4 is 0 Å². The maximum atomic E-state index is 13.8. The number of aryl methyl sites for hydroxylation is 1. The first-order chi connectivity index (χ1) is 17.7. The molecule has 4 heterocycles. The van der Waals surface area contributed by atoms with Crippen molar-refractivity contribution in [2.24, 2.45) is 10.4 Å². The van der Waals surface area contributed by atoms with Gasteiger partial charge in [-0.1, -0.05) is 20.8 Å². The summed E-state index contributed by atoms with van der Waals surface area (Å²) < 4.78 is 6.15. The van der Waals surface area contributed by atoms with Crippen LogP contribution in [-0.4, -0.2) is 44.6 Å². The number of aliphatic imine (C=N–C) groups is 1. The Kier molecular flexibility index (Phi) is 4.57. The van der Waals surface area contributed by atoms with Gasteiger partial charge in [0.15, 0.2) is 5.58 Å². The van der Waals surface area contributed by atoms with Gasteiger partial charge in [-0.2, -0.15) is 0 Å². The number of likely N-dealkylation sites (tertiary alicyclic amines) is 1. The molecule has 1 amide bonds. The number of fused-ring (bicyclic) bond motifs is 6. The number of oxazole rings is 1. The Morgan fingerprint density at radius 1 is 1.08 bits per heavy atom. The van der Waals surface area contributed by atoms with E-state index in [1.54, 1.807) is 12.4 Å². The smallest absolute Gasteiger partial charge is 0.254 e. The Balaban J connectivity index is 1.28. The van der Waals surface area contributed by atoms with E-state index in [0.717, 1.165) is 59.4 Å². The molecule has 0 radical (unpaired) electrons. The average molecular weight is 492 g/mol. The van der Waals surface area contributed by atoms with Gasteiger partial charge < -0.3 is 9.32 Å². The van der Waals surface area contributed by atoms with E-state index < -0.39 is 0 Å². The number of aromatic nitrogens is 3. The van der Waals surface area contributed by atoms with Crippen LogP contribution in [0.1, 0.15) is 59.9 Å². The molecule has 3 aliphatic rings. The van der Waals surface area contributed by atoms with Crippen molar-refractivity contribution >= 4 is 28.9 Å². The van der Waals surface area contributed by atoms with Crippen molar-refractivity contribution in [3.63, 3.8) is 0 Å². The third kappa shape index (κ3) is 3.16. The van der Waals surface area contributed by atoms with E-state index in [4.69, 9.17) is 9.40 Å². The zero-order chi connectivity index (χ0) is 25.5. The van der Waals surface area contributed by atoms with Crippen LogP contribution in [0.2, 0.25) is 0 Å². The molecule has 7 nitrogen and oxygen atoms in total. The van der Waals surface area contributed by atoms with Crippen molar-refractivity contribution in [2.45, 2.75) is 58.4 Å². The normalized spacial score (nSPS) is 23.2. The Labute approximate surface area is 215 Å². The lowest BCUT2D eigenvalue weighted by molar-refractivity contribution is -0.0261. The van der Waals surface area contributed by atoms with Crippen molar-refractivity contribution in [3.05, 3.63) is 70.7 Å². The number of amides is 1. The maximum absolute atomic E-state index is 13.8. The van der Waals surface area contributed by atoms with E-state index in [1.165, 1.54) is 11.1 Å². The van der Waals surface area contributed by atoms with Gasteiger partial charge in [-0.05, 0) is 72.2 Å². The van der Waals surface area contributed by atoms with Crippen LogP contribution in [0.5, 0.6) is 0 Å². The molecule has 2 aromatic heterocycles. The second-order valence-electron chi connectivity index (χ2n) is 11.4. The van der Waals surface area contributed by atoms with E-state index >= 15 is 0 Å². The van der Waals surface area contributed by atoms with Crippen LogP contribution in [-0.2, 0) is 18.3 Å². The third-order valence-electron chi connectivity index (χ3n) is 9.23. The third-order valence-corrected chi connectivity index (χ3v) is 9.23. The van der Waals surface area contributed by atoms with Gasteiger partial charge in [-0.15, -0.1) is 0 Å². The summed E-state index contributed by atoms with van der Waals surface area (Å²) in [6.45, 7) is 9.63. The first kappa shape index (κ1) is 22.3. The Morgan fingerprint density at radius 3 is 2.76 bits per heavy atom. The predicted molar refractivity (Wildman–Crippen MR) is 142 cm³/mol. The molecule has 2 aromatic carbocycles. The highest BCUT2D eigenvalue weighted by atomic mass is 16.3. The quantitative estimate of drug-likeness (QED) is 0.364. The standard InChI is InChI=1S/C30H29N5O2/c1-17-15-33-24(16-32-17)27-34-23-14-21-20(12-25(23)37-27)13-26-29(2,3)30(21,4)8-10-35(26)28(36)19-5-6-22-18(11-19)7-9-31-22/h5-6,9,11-12,14-16,26H,7-8,10,13H2,1-4H3/t26-,30+/m1/s1. The van der Waals surface area contributed by atoms with Crippen LogP contribution >= 0.6 is 0 Å². The first-order valence-electron chi connectivity index (χ1n) is 12.9. The maximum Gasteiger partial charge on any atom is 0.254 e. The first-order valence-corrected chi connectivity index (χ1v) is 12.9. The molecule has 2 atom stereocenters. The van der Waals surface area contributed by atoms with Gasteiger partial charge in [-0.3, -0.25) is 14.8 Å². The molecule has 1 fully saturated rings. The lowest BCUT2D eigenvalue weighted by atomic mass is 9.51. The number of rotatable bonds is 2. The molecule has 0 N–H and O–H groups in total. The number of piperidine rings is 1. The Bertz CT molecular complexity index is 1620. The number of nitrogens with zero attached hydrogens (tertiary/aromatic N) is 5. The van der Waals surface area contributed by atoms with Crippen molar-refractivity contribution < 1.29 is 9.21 Å². The highest BCUT2D eigenvalue weighted by molar-refractivity contribution is 5.96. The summed E-state index contributed by atoms with van der Waals surface area (Å²) >= 11 is 0. The van der Waals surface area contributed by atoms with Crippen molar-refractivity contribution in [3.8, 4) is 11.6 Å². The molecule has 7 heteroatoms. The Morgan fingerprint density at radius 2 is 1.95 bits per heavy atom. The molecule has 7 rings (SSSR count). The van der Waals surface area contributed by atoms with E-state index in [2.05, 4.69) is 52.8 Å². The van der Waals surface area contributed by atoms with E-state index in [1.807, 2.05) is 31.3 Å². The topological polar surface area (TPSA) is 84.5 Å².